The van der Waals surface area contributed by atoms with Crippen molar-refractivity contribution >= 4 is 11.9 Å². The molecule has 0 unspecified atom stereocenters. The molecule has 3 amide bonds. The summed E-state index contributed by atoms with van der Waals surface area (Å²) in [7, 11) is 1.64. The Bertz CT molecular complexity index is 691. The van der Waals surface area contributed by atoms with Crippen molar-refractivity contribution in [1.29, 1.82) is 0 Å². The molecule has 2 fully saturated rings. The van der Waals surface area contributed by atoms with Crippen LogP contribution in [0.2, 0.25) is 0 Å². The first-order chi connectivity index (χ1) is 12.6. The number of nitrogens with one attached hydrogen (secondary N) is 1. The predicted molar refractivity (Wildman–Crippen MR) is 99.9 cm³/mol. The number of amides is 3. The van der Waals surface area contributed by atoms with E-state index >= 15 is 0 Å². The summed E-state index contributed by atoms with van der Waals surface area (Å²) >= 11 is 0. The first kappa shape index (κ1) is 18.3. The van der Waals surface area contributed by atoms with Gasteiger partial charge in [-0.3, -0.25) is 4.79 Å². The van der Waals surface area contributed by atoms with Gasteiger partial charge in [0.15, 0.2) is 0 Å². The van der Waals surface area contributed by atoms with E-state index in [0.717, 1.165) is 37.1 Å². The Morgan fingerprint density at radius 2 is 2.23 bits per heavy atom. The number of urea groups is 1. The second-order valence-electron chi connectivity index (χ2n) is 7.11. The number of carbonyl (C=O) groups excluding carboxylic acids is 2. The summed E-state index contributed by atoms with van der Waals surface area (Å²) in [4.78, 5) is 29.1. The highest BCUT2D eigenvalue weighted by Gasteiger charge is 2.49. The zero-order valence-electron chi connectivity index (χ0n) is 15.4. The minimum atomic E-state index is -0.428. The lowest BCUT2D eigenvalue weighted by Gasteiger charge is -2.39. The number of benzene rings is 1. The SMILES string of the molecule is C=CCNC(=O)N1CC[C@@]2(CCCN(Cc3cccc(OC)c3)C2=O)C1. The van der Waals surface area contributed by atoms with Gasteiger partial charge in [-0.15, -0.1) is 6.58 Å². The minimum absolute atomic E-state index is 0.112. The van der Waals surface area contributed by atoms with Crippen LogP contribution in [-0.2, 0) is 11.3 Å². The summed E-state index contributed by atoms with van der Waals surface area (Å²) in [6.45, 7) is 6.53. The van der Waals surface area contributed by atoms with E-state index in [-0.39, 0.29) is 11.9 Å². The zero-order valence-corrected chi connectivity index (χ0v) is 15.4. The third-order valence-electron chi connectivity index (χ3n) is 5.37. The van der Waals surface area contributed by atoms with Crippen molar-refractivity contribution < 1.29 is 14.3 Å². The third-order valence-corrected chi connectivity index (χ3v) is 5.37. The molecule has 1 atom stereocenters. The van der Waals surface area contributed by atoms with E-state index in [2.05, 4.69) is 11.9 Å². The molecule has 1 aromatic rings. The van der Waals surface area contributed by atoms with Gasteiger partial charge in [0.2, 0.25) is 5.91 Å². The average molecular weight is 357 g/mol. The largest absolute Gasteiger partial charge is 0.497 e. The number of nitrogens with zero attached hydrogens (tertiary/aromatic N) is 2. The molecule has 1 spiro atoms. The first-order valence-corrected chi connectivity index (χ1v) is 9.14. The number of carbonyl (C=O) groups is 2. The Hall–Kier alpha value is -2.50. The number of ether oxygens (including phenoxy) is 1. The molecule has 26 heavy (non-hydrogen) atoms. The summed E-state index contributed by atoms with van der Waals surface area (Å²) in [6.07, 6.45) is 4.22. The molecule has 1 N–H and O–H groups in total. The van der Waals surface area contributed by atoms with Crippen molar-refractivity contribution in [3.05, 3.63) is 42.5 Å². The van der Waals surface area contributed by atoms with Crippen molar-refractivity contribution in [3.63, 3.8) is 0 Å². The topological polar surface area (TPSA) is 61.9 Å². The van der Waals surface area contributed by atoms with Crippen LogP contribution in [0.1, 0.15) is 24.8 Å². The van der Waals surface area contributed by atoms with E-state index in [1.54, 1.807) is 18.1 Å². The maximum absolute atomic E-state index is 13.2. The van der Waals surface area contributed by atoms with Crippen LogP contribution in [0.15, 0.2) is 36.9 Å². The fourth-order valence-electron chi connectivity index (χ4n) is 3.99. The summed E-state index contributed by atoms with van der Waals surface area (Å²) in [5.74, 6) is 0.971. The van der Waals surface area contributed by atoms with Gasteiger partial charge in [-0.2, -0.15) is 0 Å². The number of methoxy groups -OCH3 is 1. The van der Waals surface area contributed by atoms with Crippen LogP contribution in [0.25, 0.3) is 0 Å². The highest BCUT2D eigenvalue weighted by atomic mass is 16.5. The second-order valence-corrected chi connectivity index (χ2v) is 7.11. The standard InChI is InChI=1S/C20H27N3O3/c1-3-10-21-19(25)23-12-9-20(15-23)8-5-11-22(18(20)24)14-16-6-4-7-17(13-16)26-2/h3-4,6-7,13H,1,5,8-12,14-15H2,2H3,(H,21,25)/t20-/m0/s1. The molecule has 2 aliphatic rings. The van der Waals surface area contributed by atoms with Gasteiger partial charge in [-0.05, 0) is 37.0 Å². The highest BCUT2D eigenvalue weighted by Crippen LogP contribution is 2.40. The maximum atomic E-state index is 13.2. The minimum Gasteiger partial charge on any atom is -0.497 e. The molecule has 6 nitrogen and oxygen atoms in total. The predicted octanol–water partition coefficient (Wildman–Crippen LogP) is 2.41. The molecule has 0 radical (unpaired) electrons. The Kier molecular flexibility index (Phi) is 5.49. The molecule has 6 heteroatoms. The van der Waals surface area contributed by atoms with Gasteiger partial charge in [0, 0.05) is 32.7 Å². The van der Waals surface area contributed by atoms with Gasteiger partial charge < -0.3 is 19.9 Å². The quantitative estimate of drug-likeness (QED) is 0.823. The van der Waals surface area contributed by atoms with E-state index in [1.165, 1.54) is 0 Å². The Balaban J connectivity index is 1.67. The second kappa shape index (κ2) is 7.81. The van der Waals surface area contributed by atoms with Crippen LogP contribution in [0.3, 0.4) is 0 Å². The lowest BCUT2D eigenvalue weighted by molar-refractivity contribution is -0.146. The van der Waals surface area contributed by atoms with E-state index in [9.17, 15) is 9.59 Å². The molecule has 0 aliphatic carbocycles. The molecular weight excluding hydrogens is 330 g/mol. The van der Waals surface area contributed by atoms with Crippen LogP contribution in [0.4, 0.5) is 4.79 Å². The molecule has 2 saturated heterocycles. The molecule has 2 heterocycles. The van der Waals surface area contributed by atoms with Crippen molar-refractivity contribution in [2.75, 3.05) is 33.3 Å². The van der Waals surface area contributed by atoms with Gasteiger partial charge in [0.25, 0.3) is 0 Å². The van der Waals surface area contributed by atoms with Crippen molar-refractivity contribution in [3.8, 4) is 5.75 Å². The van der Waals surface area contributed by atoms with Crippen molar-refractivity contribution in [2.24, 2.45) is 5.41 Å². The molecular formula is C20H27N3O3. The van der Waals surface area contributed by atoms with Crippen LogP contribution in [0, 0.1) is 5.41 Å². The van der Waals surface area contributed by atoms with Gasteiger partial charge >= 0.3 is 6.03 Å². The molecule has 3 rings (SSSR count). The number of likely N-dealkylation sites (tertiary alicyclic amines) is 2. The molecule has 0 bridgehead atoms. The zero-order chi connectivity index (χ0) is 18.6. The summed E-state index contributed by atoms with van der Waals surface area (Å²) in [5, 5.41) is 2.80. The van der Waals surface area contributed by atoms with Crippen LogP contribution >= 0.6 is 0 Å². The first-order valence-electron chi connectivity index (χ1n) is 9.14. The maximum Gasteiger partial charge on any atom is 0.317 e. The highest BCUT2D eigenvalue weighted by molar-refractivity contribution is 5.85. The fraction of sp³-hybridized carbons (Fsp3) is 0.500. The lowest BCUT2D eigenvalue weighted by Crippen LogP contribution is -2.50. The molecule has 140 valence electrons. The monoisotopic (exact) mass is 357 g/mol. The van der Waals surface area contributed by atoms with Gasteiger partial charge in [-0.1, -0.05) is 18.2 Å². The van der Waals surface area contributed by atoms with E-state index in [4.69, 9.17) is 4.74 Å². The van der Waals surface area contributed by atoms with Crippen molar-refractivity contribution in [2.45, 2.75) is 25.8 Å². The molecule has 1 aromatic carbocycles. The third kappa shape index (κ3) is 3.69. The van der Waals surface area contributed by atoms with Crippen LogP contribution in [-0.4, -0.2) is 55.0 Å². The number of rotatable bonds is 5. The van der Waals surface area contributed by atoms with Gasteiger partial charge in [0.1, 0.15) is 5.75 Å². The van der Waals surface area contributed by atoms with E-state index < -0.39 is 5.41 Å². The smallest absolute Gasteiger partial charge is 0.317 e. The Morgan fingerprint density at radius 3 is 3.00 bits per heavy atom. The Labute approximate surface area is 154 Å². The van der Waals surface area contributed by atoms with Crippen LogP contribution < -0.4 is 10.1 Å². The number of hydrogen-bond acceptors (Lipinski definition) is 3. The summed E-state index contributed by atoms with van der Waals surface area (Å²) < 4.78 is 5.28. The summed E-state index contributed by atoms with van der Waals surface area (Å²) in [6, 6.07) is 7.72. The van der Waals surface area contributed by atoms with Crippen LogP contribution in [0.5, 0.6) is 5.75 Å². The van der Waals surface area contributed by atoms with Crippen molar-refractivity contribution in [1.82, 2.24) is 15.1 Å². The lowest BCUT2D eigenvalue weighted by atomic mass is 9.78. The average Bonchev–Trinajstić information content (AvgIpc) is 3.09. The van der Waals surface area contributed by atoms with Gasteiger partial charge in [-0.25, -0.2) is 4.79 Å². The normalized spacial score (nSPS) is 22.6. The number of piperidine rings is 1. The summed E-state index contributed by atoms with van der Waals surface area (Å²) in [5.41, 5.74) is 0.635. The van der Waals surface area contributed by atoms with Gasteiger partial charge in [0.05, 0.1) is 12.5 Å². The molecule has 2 aliphatic heterocycles. The molecule has 0 aromatic heterocycles. The van der Waals surface area contributed by atoms with E-state index in [1.807, 2.05) is 29.2 Å². The fourth-order valence-corrected chi connectivity index (χ4v) is 3.99. The van der Waals surface area contributed by atoms with E-state index in [0.29, 0.717) is 26.2 Å². The number of hydrogen-bond donors (Lipinski definition) is 1. The Morgan fingerprint density at radius 1 is 1.38 bits per heavy atom. The molecule has 0 saturated carbocycles.